The van der Waals surface area contributed by atoms with E-state index in [0.717, 1.165) is 11.8 Å². The molecule has 1 heterocycles. The lowest BCUT2D eigenvalue weighted by Gasteiger charge is -2.08. The molecule has 10 heteroatoms. The van der Waals surface area contributed by atoms with Crippen LogP contribution in [-0.4, -0.2) is 30.2 Å². The number of aromatic amines is 1. The Hall–Kier alpha value is -1.78. The number of nitrogens with one attached hydrogen (secondary N) is 2. The SMILES string of the molecule is CCn1c(Sc2cc(S(=O)(=O)NC)ccc2N)n[nH]c1=O. The zero-order valence-electron chi connectivity index (χ0n) is 11.5. The first kappa shape index (κ1) is 15.6. The summed E-state index contributed by atoms with van der Waals surface area (Å²) in [6.07, 6.45) is 0. The number of hydrogen-bond acceptors (Lipinski definition) is 6. The summed E-state index contributed by atoms with van der Waals surface area (Å²) < 4.78 is 27.3. The fourth-order valence-corrected chi connectivity index (χ4v) is 3.46. The molecule has 1 aromatic heterocycles. The van der Waals surface area contributed by atoms with Gasteiger partial charge in [-0.25, -0.2) is 23.0 Å². The standard InChI is InChI=1S/C11H15N5O3S2/c1-3-16-10(17)14-15-11(16)20-9-6-7(4-5-8(9)12)21(18,19)13-2/h4-6,13H,3,12H2,1-2H3,(H,14,17). The van der Waals surface area contributed by atoms with E-state index in [9.17, 15) is 13.2 Å². The summed E-state index contributed by atoms with van der Waals surface area (Å²) in [6, 6.07) is 4.38. The Bertz CT molecular complexity index is 810. The Labute approximate surface area is 125 Å². The lowest BCUT2D eigenvalue weighted by Crippen LogP contribution is -2.18. The van der Waals surface area contributed by atoms with Crippen LogP contribution in [0.5, 0.6) is 0 Å². The molecular weight excluding hydrogens is 314 g/mol. The number of nitrogens with two attached hydrogens (primary N) is 1. The van der Waals surface area contributed by atoms with Gasteiger partial charge in [0.15, 0.2) is 5.16 Å². The average molecular weight is 329 g/mol. The minimum Gasteiger partial charge on any atom is -0.398 e. The van der Waals surface area contributed by atoms with Crippen molar-refractivity contribution in [3.05, 3.63) is 28.7 Å². The molecule has 114 valence electrons. The van der Waals surface area contributed by atoms with Crippen LogP contribution in [-0.2, 0) is 16.6 Å². The topological polar surface area (TPSA) is 123 Å². The van der Waals surface area contributed by atoms with Gasteiger partial charge in [0.05, 0.1) is 4.90 Å². The highest BCUT2D eigenvalue weighted by Gasteiger charge is 2.16. The van der Waals surface area contributed by atoms with Gasteiger partial charge in [-0.05, 0) is 43.9 Å². The van der Waals surface area contributed by atoms with Crippen molar-refractivity contribution < 1.29 is 8.42 Å². The number of hydrogen-bond donors (Lipinski definition) is 3. The summed E-state index contributed by atoms with van der Waals surface area (Å²) >= 11 is 1.13. The molecule has 4 N–H and O–H groups in total. The second-order valence-electron chi connectivity index (χ2n) is 4.06. The number of anilines is 1. The molecule has 0 aliphatic heterocycles. The van der Waals surface area contributed by atoms with Crippen molar-refractivity contribution in [3.63, 3.8) is 0 Å². The average Bonchev–Trinajstić information content (AvgIpc) is 2.81. The molecule has 0 bridgehead atoms. The van der Waals surface area contributed by atoms with E-state index in [4.69, 9.17) is 5.73 Å². The zero-order valence-corrected chi connectivity index (χ0v) is 13.1. The molecule has 1 aromatic carbocycles. The van der Waals surface area contributed by atoms with Crippen LogP contribution in [0.4, 0.5) is 5.69 Å². The summed E-state index contributed by atoms with van der Waals surface area (Å²) in [5, 5.41) is 6.68. The maximum absolute atomic E-state index is 11.8. The molecule has 0 atom stereocenters. The van der Waals surface area contributed by atoms with Crippen molar-refractivity contribution in [2.45, 2.75) is 28.4 Å². The molecule has 0 fully saturated rings. The van der Waals surface area contributed by atoms with Gasteiger partial charge in [0.2, 0.25) is 10.0 Å². The Morgan fingerprint density at radius 3 is 2.81 bits per heavy atom. The van der Waals surface area contributed by atoms with Crippen molar-refractivity contribution in [1.82, 2.24) is 19.5 Å². The van der Waals surface area contributed by atoms with Gasteiger partial charge in [0.25, 0.3) is 0 Å². The van der Waals surface area contributed by atoms with Crippen LogP contribution < -0.4 is 16.1 Å². The first-order chi connectivity index (χ1) is 9.89. The Kier molecular flexibility index (Phi) is 4.40. The molecule has 0 aliphatic carbocycles. The lowest BCUT2D eigenvalue weighted by molar-refractivity contribution is 0.588. The van der Waals surface area contributed by atoms with Crippen molar-refractivity contribution in [1.29, 1.82) is 0 Å². The number of benzene rings is 1. The quantitative estimate of drug-likeness (QED) is 0.675. The van der Waals surface area contributed by atoms with Crippen molar-refractivity contribution in [2.24, 2.45) is 0 Å². The predicted octanol–water partition coefficient (Wildman–Crippen LogP) is 0.233. The molecule has 8 nitrogen and oxygen atoms in total. The van der Waals surface area contributed by atoms with Crippen LogP contribution >= 0.6 is 11.8 Å². The van der Waals surface area contributed by atoms with Gasteiger partial charge in [0.1, 0.15) is 0 Å². The Morgan fingerprint density at radius 1 is 1.48 bits per heavy atom. The molecule has 0 radical (unpaired) electrons. The number of nitrogen functional groups attached to an aromatic ring is 1. The van der Waals surface area contributed by atoms with Gasteiger partial charge in [-0.3, -0.25) is 4.57 Å². The number of sulfonamides is 1. The largest absolute Gasteiger partial charge is 0.398 e. The monoisotopic (exact) mass is 329 g/mol. The van der Waals surface area contributed by atoms with Gasteiger partial charge < -0.3 is 5.73 Å². The van der Waals surface area contributed by atoms with E-state index in [1.807, 2.05) is 6.92 Å². The normalized spacial score (nSPS) is 11.7. The van der Waals surface area contributed by atoms with Crippen LogP contribution in [0, 0.1) is 0 Å². The molecular formula is C11H15N5O3S2. The number of H-pyrrole nitrogens is 1. The summed E-state index contributed by atoms with van der Waals surface area (Å²) in [5.74, 6) is 0. The van der Waals surface area contributed by atoms with Crippen LogP contribution in [0.25, 0.3) is 0 Å². The minimum atomic E-state index is -3.56. The third-order valence-corrected chi connectivity index (χ3v) is 5.28. The molecule has 0 aliphatic rings. The first-order valence-electron chi connectivity index (χ1n) is 6.05. The first-order valence-corrected chi connectivity index (χ1v) is 8.35. The summed E-state index contributed by atoms with van der Waals surface area (Å²) in [4.78, 5) is 12.1. The second-order valence-corrected chi connectivity index (χ2v) is 6.96. The molecule has 0 saturated carbocycles. The lowest BCUT2D eigenvalue weighted by atomic mass is 10.3. The van der Waals surface area contributed by atoms with Crippen LogP contribution in [0.15, 0.2) is 37.9 Å². The highest BCUT2D eigenvalue weighted by Crippen LogP contribution is 2.32. The van der Waals surface area contributed by atoms with Crippen molar-refractivity contribution >= 4 is 27.5 Å². The number of rotatable bonds is 5. The van der Waals surface area contributed by atoms with E-state index in [0.29, 0.717) is 22.3 Å². The van der Waals surface area contributed by atoms with E-state index >= 15 is 0 Å². The van der Waals surface area contributed by atoms with Gasteiger partial charge in [-0.15, -0.1) is 5.10 Å². The minimum absolute atomic E-state index is 0.0997. The second kappa shape index (κ2) is 5.92. The van der Waals surface area contributed by atoms with Crippen LogP contribution in [0.2, 0.25) is 0 Å². The fourth-order valence-electron chi connectivity index (χ4n) is 1.65. The van der Waals surface area contributed by atoms with Crippen LogP contribution in [0.3, 0.4) is 0 Å². The van der Waals surface area contributed by atoms with Gasteiger partial charge in [0, 0.05) is 17.1 Å². The van der Waals surface area contributed by atoms with Gasteiger partial charge in [-0.1, -0.05) is 0 Å². The fraction of sp³-hybridized carbons (Fsp3) is 0.273. The van der Waals surface area contributed by atoms with E-state index in [-0.39, 0.29) is 10.6 Å². The van der Waals surface area contributed by atoms with Crippen LogP contribution in [0.1, 0.15) is 6.92 Å². The van der Waals surface area contributed by atoms with E-state index in [1.54, 1.807) is 0 Å². The van der Waals surface area contributed by atoms with Crippen molar-refractivity contribution in [2.75, 3.05) is 12.8 Å². The number of nitrogens with zero attached hydrogens (tertiary/aromatic N) is 2. The van der Waals surface area contributed by atoms with E-state index in [1.165, 1.54) is 29.8 Å². The highest BCUT2D eigenvalue weighted by atomic mass is 32.2. The number of aromatic nitrogens is 3. The Balaban J connectivity index is 2.45. The summed E-state index contributed by atoms with van der Waals surface area (Å²) in [6.45, 7) is 2.26. The molecule has 2 rings (SSSR count). The molecule has 0 saturated heterocycles. The maximum Gasteiger partial charge on any atom is 0.343 e. The smallest absolute Gasteiger partial charge is 0.343 e. The predicted molar refractivity (Wildman–Crippen MR) is 79.7 cm³/mol. The molecule has 0 spiro atoms. The third-order valence-electron chi connectivity index (χ3n) is 2.80. The van der Waals surface area contributed by atoms with Gasteiger partial charge >= 0.3 is 5.69 Å². The zero-order chi connectivity index (χ0) is 15.6. The third kappa shape index (κ3) is 3.12. The van der Waals surface area contributed by atoms with Crippen molar-refractivity contribution in [3.8, 4) is 0 Å². The maximum atomic E-state index is 11.8. The molecule has 0 amide bonds. The Morgan fingerprint density at radius 2 is 2.19 bits per heavy atom. The summed E-state index contributed by atoms with van der Waals surface area (Å²) in [7, 11) is -2.22. The van der Waals surface area contributed by atoms with E-state index in [2.05, 4.69) is 14.9 Å². The molecule has 0 unspecified atom stereocenters. The van der Waals surface area contributed by atoms with E-state index < -0.39 is 10.0 Å². The highest BCUT2D eigenvalue weighted by molar-refractivity contribution is 7.99. The molecule has 21 heavy (non-hydrogen) atoms. The summed E-state index contributed by atoms with van der Waals surface area (Å²) in [5.41, 5.74) is 5.95. The molecule has 2 aromatic rings. The van der Waals surface area contributed by atoms with Gasteiger partial charge in [-0.2, -0.15) is 0 Å².